The first kappa shape index (κ1) is 45.6. The normalized spacial score (nSPS) is 36.8. The van der Waals surface area contributed by atoms with Gasteiger partial charge in [-0.15, -0.1) is 0 Å². The molecule has 0 unspecified atom stereocenters. The van der Waals surface area contributed by atoms with Crippen LogP contribution in [0.3, 0.4) is 0 Å². The molecule has 0 spiro atoms. The van der Waals surface area contributed by atoms with Gasteiger partial charge in [-0.1, -0.05) is 93.6 Å². The number of fused-ring (bicyclic) bond motifs is 7. The Balaban J connectivity index is 1.20. The van der Waals surface area contributed by atoms with Crippen LogP contribution in [0.25, 0.3) is 0 Å². The number of hydrogen-bond acceptors (Lipinski definition) is 8. The number of ether oxygens (including phenoxy) is 3. The lowest BCUT2D eigenvalue weighted by Crippen LogP contribution is -2.69. The fourth-order valence-electron chi connectivity index (χ4n) is 14.9. The molecule has 5 aliphatic rings. The van der Waals surface area contributed by atoms with Crippen LogP contribution in [0.5, 0.6) is 0 Å². The Morgan fingerprint density at radius 1 is 0.661 bits per heavy atom. The third kappa shape index (κ3) is 7.48. The maximum absolute atomic E-state index is 15.0. The van der Waals surface area contributed by atoms with Gasteiger partial charge in [0.25, 0.3) is 0 Å². The van der Waals surface area contributed by atoms with E-state index in [1.165, 1.54) is 21.1 Å². The summed E-state index contributed by atoms with van der Waals surface area (Å²) in [6.45, 7) is 17.4. The lowest BCUT2D eigenvalue weighted by atomic mass is 9.32. The second-order valence-corrected chi connectivity index (χ2v) is 20.7. The molecule has 0 aliphatic heterocycles. The van der Waals surface area contributed by atoms with Crippen molar-refractivity contribution in [2.75, 3.05) is 14.2 Å². The Labute approximate surface area is 369 Å². The SMILES string of the molecule is C=C(C)[C@@H]1CC[C@]2(C(=O)N[C@@H](Cc3ccccc3)C(=O)OC)CC[C@]3(C)[C@H](CC[C@@H]4[C@@]5(C)CC[C@@H](OC(C)=O)[C@@](C)(C(=O)N[C@@H](Cc6ccccc6)C(=O)OC)[C@@H]5CC[C@]43C)[C@@H]12. The van der Waals surface area contributed by atoms with E-state index in [1.807, 2.05) is 67.6 Å². The van der Waals surface area contributed by atoms with E-state index in [0.717, 1.165) is 74.5 Å². The Hall–Kier alpha value is -4.47. The summed E-state index contributed by atoms with van der Waals surface area (Å²) in [6, 6.07) is 17.7. The Morgan fingerprint density at radius 2 is 1.23 bits per heavy atom. The molecule has 0 saturated heterocycles. The molecule has 0 heterocycles. The quantitative estimate of drug-likeness (QED) is 0.124. The zero-order chi connectivity index (χ0) is 44.8. The lowest BCUT2D eigenvalue weighted by molar-refractivity contribution is -0.249. The number of hydrogen-bond donors (Lipinski definition) is 2. The van der Waals surface area contributed by atoms with E-state index < -0.39 is 46.9 Å². The molecule has 5 fully saturated rings. The molecule has 13 atom stereocenters. The average molecular weight is 851 g/mol. The summed E-state index contributed by atoms with van der Waals surface area (Å²) in [6.07, 6.45) is 8.14. The summed E-state index contributed by atoms with van der Waals surface area (Å²) in [7, 11) is 2.72. The zero-order valence-corrected chi connectivity index (χ0v) is 38.4. The molecule has 62 heavy (non-hydrogen) atoms. The molecule has 2 N–H and O–H groups in total. The predicted octanol–water partition coefficient (Wildman–Crippen LogP) is 8.36. The van der Waals surface area contributed by atoms with Crippen molar-refractivity contribution in [2.24, 2.45) is 56.7 Å². The Morgan fingerprint density at radius 3 is 1.76 bits per heavy atom. The number of carbonyl (C=O) groups is 5. The number of esters is 3. The minimum Gasteiger partial charge on any atom is -0.467 e. The smallest absolute Gasteiger partial charge is 0.328 e. The van der Waals surface area contributed by atoms with E-state index in [4.69, 9.17) is 14.2 Å². The van der Waals surface area contributed by atoms with Crippen LogP contribution in [-0.2, 0) is 51.0 Å². The van der Waals surface area contributed by atoms with Gasteiger partial charge in [0.1, 0.15) is 18.2 Å². The van der Waals surface area contributed by atoms with Crippen molar-refractivity contribution in [3.63, 3.8) is 0 Å². The van der Waals surface area contributed by atoms with Crippen LogP contribution in [0.15, 0.2) is 72.8 Å². The summed E-state index contributed by atoms with van der Waals surface area (Å²) in [5, 5.41) is 6.38. The second-order valence-electron chi connectivity index (χ2n) is 20.7. The van der Waals surface area contributed by atoms with Crippen LogP contribution in [-0.4, -0.2) is 62.1 Å². The van der Waals surface area contributed by atoms with Gasteiger partial charge in [0.05, 0.1) is 25.0 Å². The number of rotatable bonds is 12. The van der Waals surface area contributed by atoms with Crippen LogP contribution in [0.1, 0.15) is 117 Å². The van der Waals surface area contributed by atoms with Gasteiger partial charge in [0, 0.05) is 19.8 Å². The van der Waals surface area contributed by atoms with Gasteiger partial charge in [0.2, 0.25) is 11.8 Å². The zero-order valence-electron chi connectivity index (χ0n) is 38.4. The summed E-state index contributed by atoms with van der Waals surface area (Å²) >= 11 is 0. The van der Waals surface area contributed by atoms with Crippen LogP contribution in [0, 0.1) is 56.7 Å². The van der Waals surface area contributed by atoms with Crippen LogP contribution in [0.2, 0.25) is 0 Å². The van der Waals surface area contributed by atoms with Gasteiger partial charge in [-0.05, 0) is 135 Å². The van der Waals surface area contributed by atoms with Gasteiger partial charge in [-0.25, -0.2) is 9.59 Å². The minimum atomic E-state index is -1.10. The fraction of sp³-hybridized carbons (Fsp3) is 0.635. The van der Waals surface area contributed by atoms with Crippen molar-refractivity contribution in [1.82, 2.24) is 10.6 Å². The van der Waals surface area contributed by atoms with Crippen molar-refractivity contribution < 1.29 is 38.2 Å². The number of methoxy groups -OCH3 is 2. The monoisotopic (exact) mass is 851 g/mol. The summed E-state index contributed by atoms with van der Waals surface area (Å²) in [5.41, 5.74) is 0.750. The first-order chi connectivity index (χ1) is 29.4. The van der Waals surface area contributed by atoms with Gasteiger partial charge < -0.3 is 24.8 Å². The van der Waals surface area contributed by atoms with Crippen molar-refractivity contribution in [1.29, 1.82) is 0 Å². The molecule has 10 heteroatoms. The standard InChI is InChI=1S/C52H70N2O8/c1-32(2)36-22-27-52(47(59)54-39(45(57)61-9)31-35-18-14-11-15-19-35)29-28-49(5)37(43(36)52)20-21-40-48(4)25-24-42(62-33(3)55)51(7,41(48)23-26-50(40,49)6)46(58)53-38(44(56)60-8)30-34-16-12-10-13-17-34/h10-19,36-43H,1,20-31H2,2-9H3,(H,53,58)(H,54,59)/t36-,37+,38-,39-,40+,41+,42+,43+,48+,49+,50+,51-,52-/m0/s1. The van der Waals surface area contributed by atoms with Crippen LogP contribution >= 0.6 is 0 Å². The van der Waals surface area contributed by atoms with E-state index in [1.54, 1.807) is 0 Å². The molecule has 5 aliphatic carbocycles. The first-order valence-electron chi connectivity index (χ1n) is 23.1. The number of benzene rings is 2. The topological polar surface area (TPSA) is 137 Å². The molecule has 0 radical (unpaired) electrons. The second kappa shape index (κ2) is 17.2. The largest absolute Gasteiger partial charge is 0.467 e. The van der Waals surface area contributed by atoms with Crippen molar-refractivity contribution in [3.8, 4) is 0 Å². The van der Waals surface area contributed by atoms with E-state index in [-0.39, 0.29) is 64.1 Å². The van der Waals surface area contributed by atoms with Gasteiger partial charge in [0.15, 0.2) is 0 Å². The molecule has 2 aromatic carbocycles. The third-order valence-corrected chi connectivity index (χ3v) is 18.1. The van der Waals surface area contributed by atoms with E-state index >= 15 is 9.59 Å². The number of carbonyl (C=O) groups excluding carboxylic acids is 5. The molecule has 336 valence electrons. The number of allylic oxidation sites excluding steroid dienone is 1. The number of nitrogens with one attached hydrogen (secondary N) is 2. The van der Waals surface area contributed by atoms with Crippen molar-refractivity contribution >= 4 is 29.7 Å². The van der Waals surface area contributed by atoms with Gasteiger partial charge in [-0.2, -0.15) is 0 Å². The first-order valence-corrected chi connectivity index (χ1v) is 23.1. The fourth-order valence-corrected chi connectivity index (χ4v) is 14.9. The third-order valence-electron chi connectivity index (χ3n) is 18.1. The highest BCUT2D eigenvalue weighted by molar-refractivity contribution is 5.90. The molecular weight excluding hydrogens is 781 g/mol. The minimum absolute atomic E-state index is 0.0364. The van der Waals surface area contributed by atoms with Gasteiger partial charge in [-0.3, -0.25) is 14.4 Å². The van der Waals surface area contributed by atoms with Gasteiger partial charge >= 0.3 is 17.9 Å². The van der Waals surface area contributed by atoms with Crippen LogP contribution < -0.4 is 10.6 Å². The highest BCUT2D eigenvalue weighted by atomic mass is 16.5. The van der Waals surface area contributed by atoms with E-state index in [2.05, 4.69) is 44.9 Å². The molecule has 10 nitrogen and oxygen atoms in total. The molecule has 7 rings (SSSR count). The summed E-state index contributed by atoms with van der Waals surface area (Å²) in [4.78, 5) is 69.2. The highest BCUT2D eigenvalue weighted by Crippen LogP contribution is 2.77. The van der Waals surface area contributed by atoms with Crippen molar-refractivity contribution in [2.45, 2.75) is 137 Å². The van der Waals surface area contributed by atoms with E-state index in [9.17, 15) is 14.4 Å². The Kier molecular flexibility index (Phi) is 12.7. The average Bonchev–Trinajstić information content (AvgIpc) is 3.66. The van der Waals surface area contributed by atoms with Crippen LogP contribution in [0.4, 0.5) is 0 Å². The molecule has 5 saturated carbocycles. The molecule has 0 bridgehead atoms. The molecular formula is C52H70N2O8. The van der Waals surface area contributed by atoms with Crippen molar-refractivity contribution in [3.05, 3.63) is 83.9 Å². The Bertz CT molecular complexity index is 2040. The highest BCUT2D eigenvalue weighted by Gasteiger charge is 2.73. The molecule has 0 aromatic heterocycles. The number of amides is 2. The maximum Gasteiger partial charge on any atom is 0.328 e. The predicted molar refractivity (Wildman–Crippen MR) is 237 cm³/mol. The molecule has 2 amide bonds. The molecule has 2 aromatic rings. The summed E-state index contributed by atoms with van der Waals surface area (Å²) < 4.78 is 16.5. The van der Waals surface area contributed by atoms with E-state index in [0.29, 0.717) is 12.8 Å². The summed E-state index contributed by atoms with van der Waals surface area (Å²) in [5.74, 6) is -1.03. The lowest BCUT2D eigenvalue weighted by Gasteiger charge is -2.72. The maximum atomic E-state index is 15.0.